The lowest BCUT2D eigenvalue weighted by atomic mass is 9.86. The fourth-order valence-electron chi connectivity index (χ4n) is 1.89. The molecule has 1 heterocycles. The molecule has 0 fully saturated rings. The Morgan fingerprint density at radius 2 is 2.29 bits per heavy atom. The van der Waals surface area contributed by atoms with Crippen molar-refractivity contribution in [3.05, 3.63) is 23.8 Å². The third kappa shape index (κ3) is 1.44. The third-order valence-electron chi connectivity index (χ3n) is 2.80. The molecule has 0 amide bonds. The summed E-state index contributed by atoms with van der Waals surface area (Å²) >= 11 is 0. The van der Waals surface area contributed by atoms with Crippen molar-refractivity contribution in [1.82, 2.24) is 0 Å². The maximum absolute atomic E-state index is 6.20. The number of rotatable bonds is 1. The Morgan fingerprint density at radius 3 is 3.00 bits per heavy atom. The average Bonchev–Trinajstić information content (AvgIpc) is 2.16. The number of hydrogen-bond donors (Lipinski definition) is 2. The Morgan fingerprint density at radius 1 is 1.50 bits per heavy atom. The molecule has 1 aliphatic rings. The fourth-order valence-corrected chi connectivity index (χ4v) is 1.89. The SMILES string of the molecule is COc1ccc2c(c1)NCCC2(C)N. The van der Waals surface area contributed by atoms with Gasteiger partial charge in [-0.15, -0.1) is 0 Å². The molecule has 1 aromatic rings. The Hall–Kier alpha value is -1.22. The molecule has 2 rings (SSSR count). The Kier molecular flexibility index (Phi) is 2.11. The Bertz CT molecular complexity index is 347. The summed E-state index contributed by atoms with van der Waals surface area (Å²) in [7, 11) is 1.67. The summed E-state index contributed by atoms with van der Waals surface area (Å²) in [6.45, 7) is 2.99. The molecule has 0 radical (unpaired) electrons. The zero-order valence-electron chi connectivity index (χ0n) is 8.63. The van der Waals surface area contributed by atoms with Crippen LogP contribution in [0.2, 0.25) is 0 Å². The van der Waals surface area contributed by atoms with Gasteiger partial charge in [-0.2, -0.15) is 0 Å². The van der Waals surface area contributed by atoms with E-state index in [1.807, 2.05) is 18.2 Å². The molecule has 1 unspecified atom stereocenters. The van der Waals surface area contributed by atoms with Gasteiger partial charge >= 0.3 is 0 Å². The number of fused-ring (bicyclic) bond motifs is 1. The van der Waals surface area contributed by atoms with Crippen LogP contribution in [0, 0.1) is 0 Å². The fraction of sp³-hybridized carbons (Fsp3) is 0.455. The van der Waals surface area contributed by atoms with Crippen molar-refractivity contribution < 1.29 is 4.74 Å². The van der Waals surface area contributed by atoms with Gasteiger partial charge in [0.1, 0.15) is 5.75 Å². The summed E-state index contributed by atoms with van der Waals surface area (Å²) in [5.41, 5.74) is 8.25. The van der Waals surface area contributed by atoms with Gasteiger partial charge in [-0.3, -0.25) is 0 Å². The van der Waals surface area contributed by atoms with E-state index in [4.69, 9.17) is 10.5 Å². The van der Waals surface area contributed by atoms with Crippen LogP contribution in [0.4, 0.5) is 5.69 Å². The van der Waals surface area contributed by atoms with Crippen molar-refractivity contribution >= 4 is 5.69 Å². The largest absolute Gasteiger partial charge is 0.497 e. The second-order valence-corrected chi connectivity index (χ2v) is 4.01. The average molecular weight is 192 g/mol. The minimum atomic E-state index is -0.215. The molecule has 0 aliphatic carbocycles. The molecule has 0 spiro atoms. The molecule has 14 heavy (non-hydrogen) atoms. The minimum Gasteiger partial charge on any atom is -0.497 e. The zero-order chi connectivity index (χ0) is 10.2. The van der Waals surface area contributed by atoms with Gasteiger partial charge in [0.25, 0.3) is 0 Å². The molecule has 1 aromatic carbocycles. The zero-order valence-corrected chi connectivity index (χ0v) is 8.63. The van der Waals surface area contributed by atoms with E-state index in [-0.39, 0.29) is 5.54 Å². The van der Waals surface area contributed by atoms with Crippen molar-refractivity contribution in [3.63, 3.8) is 0 Å². The summed E-state index contributed by atoms with van der Waals surface area (Å²) in [5.74, 6) is 0.869. The van der Waals surface area contributed by atoms with Crippen molar-refractivity contribution in [3.8, 4) is 5.75 Å². The number of nitrogens with one attached hydrogen (secondary N) is 1. The highest BCUT2D eigenvalue weighted by atomic mass is 16.5. The van der Waals surface area contributed by atoms with Crippen LogP contribution >= 0.6 is 0 Å². The topological polar surface area (TPSA) is 47.3 Å². The normalized spacial score (nSPS) is 25.1. The lowest BCUT2D eigenvalue weighted by molar-refractivity contribution is 0.412. The highest BCUT2D eigenvalue weighted by Crippen LogP contribution is 2.34. The predicted molar refractivity (Wildman–Crippen MR) is 57.6 cm³/mol. The van der Waals surface area contributed by atoms with Gasteiger partial charge in [0.05, 0.1) is 7.11 Å². The van der Waals surface area contributed by atoms with Crippen molar-refractivity contribution in [1.29, 1.82) is 0 Å². The van der Waals surface area contributed by atoms with Crippen LogP contribution in [0.15, 0.2) is 18.2 Å². The van der Waals surface area contributed by atoms with Crippen LogP contribution in [0.3, 0.4) is 0 Å². The van der Waals surface area contributed by atoms with E-state index < -0.39 is 0 Å². The maximum Gasteiger partial charge on any atom is 0.120 e. The lowest BCUT2D eigenvalue weighted by Gasteiger charge is -2.33. The number of methoxy groups -OCH3 is 1. The summed E-state index contributed by atoms with van der Waals surface area (Å²) in [4.78, 5) is 0. The van der Waals surface area contributed by atoms with E-state index in [0.29, 0.717) is 0 Å². The van der Waals surface area contributed by atoms with Crippen LogP contribution < -0.4 is 15.8 Å². The van der Waals surface area contributed by atoms with Crippen LogP contribution in [0.25, 0.3) is 0 Å². The van der Waals surface area contributed by atoms with Crippen molar-refractivity contribution in [2.45, 2.75) is 18.9 Å². The lowest BCUT2D eigenvalue weighted by Crippen LogP contribution is -2.39. The first-order valence-electron chi connectivity index (χ1n) is 4.85. The van der Waals surface area contributed by atoms with E-state index in [2.05, 4.69) is 12.2 Å². The highest BCUT2D eigenvalue weighted by Gasteiger charge is 2.27. The van der Waals surface area contributed by atoms with Gasteiger partial charge in [0.2, 0.25) is 0 Å². The Labute approximate surface area is 84.3 Å². The van der Waals surface area contributed by atoms with Crippen LogP contribution in [0.1, 0.15) is 18.9 Å². The third-order valence-corrected chi connectivity index (χ3v) is 2.80. The van der Waals surface area contributed by atoms with Gasteiger partial charge < -0.3 is 15.8 Å². The molecule has 76 valence electrons. The number of ether oxygens (including phenoxy) is 1. The second kappa shape index (κ2) is 3.17. The van der Waals surface area contributed by atoms with Crippen LogP contribution in [-0.4, -0.2) is 13.7 Å². The Balaban J connectivity index is 2.46. The highest BCUT2D eigenvalue weighted by molar-refractivity contribution is 5.59. The predicted octanol–water partition coefficient (Wildman–Crippen LogP) is 1.68. The molecular weight excluding hydrogens is 176 g/mol. The monoisotopic (exact) mass is 192 g/mol. The quantitative estimate of drug-likeness (QED) is 0.711. The van der Waals surface area contributed by atoms with Gasteiger partial charge in [0.15, 0.2) is 0 Å². The number of anilines is 1. The summed E-state index contributed by atoms with van der Waals surface area (Å²) in [5, 5.41) is 3.33. The second-order valence-electron chi connectivity index (χ2n) is 4.01. The van der Waals surface area contributed by atoms with E-state index >= 15 is 0 Å². The van der Waals surface area contributed by atoms with Gasteiger partial charge in [0, 0.05) is 23.8 Å². The molecule has 1 atom stereocenters. The van der Waals surface area contributed by atoms with Crippen LogP contribution in [-0.2, 0) is 5.54 Å². The first-order valence-corrected chi connectivity index (χ1v) is 4.85. The van der Waals surface area contributed by atoms with Gasteiger partial charge in [-0.05, 0) is 25.0 Å². The van der Waals surface area contributed by atoms with Crippen molar-refractivity contribution in [2.75, 3.05) is 19.0 Å². The molecule has 3 N–H and O–H groups in total. The smallest absolute Gasteiger partial charge is 0.120 e. The molecule has 0 aromatic heterocycles. The standard InChI is InChI=1S/C11H16N2O/c1-11(12)5-6-13-10-7-8(14-2)3-4-9(10)11/h3-4,7,13H,5-6,12H2,1-2H3. The molecular formula is C11H16N2O. The van der Waals surface area contributed by atoms with Gasteiger partial charge in [-0.25, -0.2) is 0 Å². The van der Waals surface area contributed by atoms with E-state index in [0.717, 1.165) is 24.4 Å². The van der Waals surface area contributed by atoms with Crippen molar-refractivity contribution in [2.24, 2.45) is 5.73 Å². The van der Waals surface area contributed by atoms with Crippen LogP contribution in [0.5, 0.6) is 5.75 Å². The molecule has 3 heteroatoms. The van der Waals surface area contributed by atoms with E-state index in [1.165, 1.54) is 5.56 Å². The maximum atomic E-state index is 6.20. The minimum absolute atomic E-state index is 0.215. The molecule has 1 aliphatic heterocycles. The van der Waals surface area contributed by atoms with E-state index in [9.17, 15) is 0 Å². The molecule has 0 saturated heterocycles. The molecule has 0 saturated carbocycles. The summed E-state index contributed by atoms with van der Waals surface area (Å²) < 4.78 is 5.17. The van der Waals surface area contributed by atoms with E-state index in [1.54, 1.807) is 7.11 Å². The van der Waals surface area contributed by atoms with Gasteiger partial charge in [-0.1, -0.05) is 6.07 Å². The first-order chi connectivity index (χ1) is 6.63. The number of benzene rings is 1. The number of nitrogens with two attached hydrogens (primary N) is 1. The summed E-state index contributed by atoms with van der Waals surface area (Å²) in [6, 6.07) is 6.00. The molecule has 0 bridgehead atoms. The number of hydrogen-bond acceptors (Lipinski definition) is 3. The summed E-state index contributed by atoms with van der Waals surface area (Å²) in [6.07, 6.45) is 0.965. The molecule has 3 nitrogen and oxygen atoms in total. The first kappa shape index (κ1) is 9.34.